The van der Waals surface area contributed by atoms with Crippen molar-refractivity contribution in [2.24, 2.45) is 80.8 Å². The van der Waals surface area contributed by atoms with Gasteiger partial charge in [-0.25, -0.2) is 4.68 Å². The fourth-order valence-corrected chi connectivity index (χ4v) is 14.7. The minimum atomic E-state index is -1.65. The summed E-state index contributed by atoms with van der Waals surface area (Å²) in [5.41, 5.74) is 36.0. The average molecular weight is 1550 g/mol. The molecule has 3 heterocycles. The number of benzene rings is 1. The molecule has 34 heteroatoms. The van der Waals surface area contributed by atoms with E-state index < -0.39 is 198 Å². The zero-order chi connectivity index (χ0) is 80.1. The topological polar surface area (TPSA) is 538 Å². The summed E-state index contributed by atoms with van der Waals surface area (Å²) in [5.74, 6) is -16.4. The van der Waals surface area contributed by atoms with Crippen LogP contribution in [0.4, 0.5) is 0 Å². The summed E-state index contributed by atoms with van der Waals surface area (Å²) in [5, 5.41) is 34.2. The number of nitrogens with two attached hydrogens (primary N) is 6. The Labute approximate surface area is 639 Å². The molecule has 1 aliphatic carbocycles. The summed E-state index contributed by atoms with van der Waals surface area (Å²) in [6.07, 6.45) is 8.74. The number of fused-ring (bicyclic) bond motifs is 1. The SMILES string of the molecule is CCC(NC(=O)C(CO)CC(=O)C(Cc1c[nH]c2ccccc12)NC(=O)C1CC(n2cc(C3CCCC3)nn2)CN1C(=O)C(NC(=O)C(CC(N)=O)CC(=O)C(CC(N)=O)NC(=O)C(CC(=O)C(N)CCCN=C(N)N)C(C)CC)C(C)CC)C(=O)CC(C)C(=O)NC(CCSC)C(=O)CC(CCSC)C(N)=O. The highest BCUT2D eigenvalue weighted by molar-refractivity contribution is 7.98. The van der Waals surface area contributed by atoms with Crippen LogP contribution in [0.1, 0.15) is 187 Å². The molecule has 32 nitrogen and oxygen atoms in total. The molecule has 3 aromatic rings. The Morgan fingerprint density at radius 3 is 1.85 bits per heavy atom. The van der Waals surface area contributed by atoms with Crippen LogP contribution in [0.25, 0.3) is 10.9 Å². The van der Waals surface area contributed by atoms with Gasteiger partial charge >= 0.3 is 0 Å². The van der Waals surface area contributed by atoms with Gasteiger partial charge in [-0.1, -0.05) is 90.6 Å². The third-order valence-corrected chi connectivity index (χ3v) is 22.2. The Kier molecular flexibility index (Phi) is 37.3. The summed E-state index contributed by atoms with van der Waals surface area (Å²) in [6.45, 7) is 9.20. The van der Waals surface area contributed by atoms with Gasteiger partial charge in [0.2, 0.25) is 53.2 Å². The lowest BCUT2D eigenvalue weighted by Gasteiger charge is -2.33. The number of thioether (sulfide) groups is 2. The van der Waals surface area contributed by atoms with E-state index in [4.69, 9.17) is 34.4 Å². The third kappa shape index (κ3) is 27.2. The van der Waals surface area contributed by atoms with Crippen LogP contribution in [0, 0.1) is 41.4 Å². The number of para-hydroxylation sites is 1. The number of aliphatic hydroxyl groups is 1. The first-order valence-corrected chi connectivity index (χ1v) is 40.3. The van der Waals surface area contributed by atoms with Gasteiger partial charge in [-0.05, 0) is 92.4 Å². The number of hydrogen-bond donors (Lipinski definition) is 13. The van der Waals surface area contributed by atoms with Crippen LogP contribution in [0.3, 0.4) is 0 Å². The maximum atomic E-state index is 15.6. The lowest BCUT2D eigenvalue weighted by Crippen LogP contribution is -2.58. The molecule has 19 N–H and O–H groups in total. The van der Waals surface area contributed by atoms with Crippen molar-refractivity contribution in [3.05, 3.63) is 47.9 Å². The number of ketones is 5. The standard InChI is InChI=1S/C74H115N17O15S2/c1-9-40(4)50(34-59(93)51(75)20-16-24-81-74(79)80)71(104)85-56(35-65(77)99)62(96)30-45(32-64(76)98)69(102)87-66(41(5)10-2)73(106)90-37-48(91-38-57(88-89-91)43-17-12-13-18-43)33-58(90)72(105)86-55(28-46-36-82-53-21-15-14-19-49(46)53)63(97)31-47(39-92)70(103)83-52(11-3)60(94)27-42(6)68(101)84-54(23-26-108-8)61(95)29-44(67(78)100)22-25-107-7/h14-15,19,21,36,38,40-45,47-48,50-52,54-56,58,66,82,92H,9-13,16-18,20,22-35,37,39,75H2,1-8H3,(H2,76,98)(H2,77,99)(H2,78,100)(H,83,103)(H,84,101)(H,85,104)(H,86,105)(H,87,102)(H4,79,80,81). The van der Waals surface area contributed by atoms with Crippen molar-refractivity contribution < 1.29 is 72.2 Å². The molecule has 2 fully saturated rings. The molecule has 1 saturated carbocycles. The van der Waals surface area contributed by atoms with Crippen LogP contribution >= 0.6 is 23.5 Å². The van der Waals surface area contributed by atoms with E-state index in [0.29, 0.717) is 47.2 Å². The molecule has 108 heavy (non-hydrogen) atoms. The number of carbonyl (C=O) groups excluding carboxylic acids is 14. The smallest absolute Gasteiger partial charge is 0.246 e. The predicted octanol–water partition coefficient (Wildman–Crippen LogP) is 1.74. The van der Waals surface area contributed by atoms with E-state index in [-0.39, 0.29) is 88.5 Å². The Bertz CT molecular complexity index is 3630. The summed E-state index contributed by atoms with van der Waals surface area (Å²) in [7, 11) is 0. The van der Waals surface area contributed by atoms with Crippen LogP contribution in [0.5, 0.6) is 0 Å². The number of aliphatic hydroxyl groups excluding tert-OH is 1. The molecule has 1 saturated heterocycles. The number of carbonyl (C=O) groups is 14. The first kappa shape index (κ1) is 90.0. The van der Waals surface area contributed by atoms with Crippen molar-refractivity contribution >= 4 is 122 Å². The second-order valence-corrected chi connectivity index (χ2v) is 30.9. The molecule has 0 spiro atoms. The number of aliphatic imine (C=N–C) groups is 1. The number of nitrogens with one attached hydrogen (secondary N) is 6. The van der Waals surface area contributed by atoms with Crippen molar-refractivity contribution in [3.8, 4) is 0 Å². The van der Waals surface area contributed by atoms with Gasteiger partial charge in [-0.15, -0.1) is 5.10 Å². The number of aromatic nitrogens is 4. The molecular weight excluding hydrogens is 1430 g/mol. The fraction of sp³-hybridized carbons (Fsp3) is 0.662. The number of H-pyrrole nitrogens is 1. The molecule has 2 aromatic heterocycles. The molecule has 9 amide bonds. The number of nitrogens with zero attached hydrogens (tertiary/aromatic N) is 5. The number of rotatable bonds is 51. The van der Waals surface area contributed by atoms with E-state index in [0.717, 1.165) is 31.4 Å². The van der Waals surface area contributed by atoms with Gasteiger partial charge in [0.25, 0.3) is 0 Å². The zero-order valence-corrected chi connectivity index (χ0v) is 65.2. The monoisotopic (exact) mass is 1550 g/mol. The van der Waals surface area contributed by atoms with Crippen LogP contribution in [0.2, 0.25) is 0 Å². The maximum absolute atomic E-state index is 15.6. The van der Waals surface area contributed by atoms with Gasteiger partial charge in [-0.3, -0.25) is 72.1 Å². The highest BCUT2D eigenvalue weighted by Crippen LogP contribution is 2.36. The Balaban J connectivity index is 1.43. The van der Waals surface area contributed by atoms with Crippen LogP contribution in [-0.4, -0.2) is 204 Å². The van der Waals surface area contributed by atoms with Crippen molar-refractivity contribution in [2.75, 3.05) is 43.7 Å². The zero-order valence-electron chi connectivity index (χ0n) is 63.6. The van der Waals surface area contributed by atoms with Gasteiger partial charge in [0, 0.05) is 111 Å². The van der Waals surface area contributed by atoms with Crippen molar-refractivity contribution in [2.45, 2.75) is 224 Å². The van der Waals surface area contributed by atoms with Crippen molar-refractivity contribution in [1.29, 1.82) is 0 Å². The van der Waals surface area contributed by atoms with Crippen molar-refractivity contribution in [3.63, 3.8) is 0 Å². The van der Waals surface area contributed by atoms with E-state index in [1.807, 2.05) is 18.6 Å². The number of likely N-dealkylation sites (tertiary alicyclic amines) is 1. The van der Waals surface area contributed by atoms with Crippen LogP contribution in [-0.2, 0) is 73.5 Å². The van der Waals surface area contributed by atoms with E-state index >= 15 is 14.4 Å². The van der Waals surface area contributed by atoms with Gasteiger partial charge in [0.15, 0.2) is 29.1 Å². The average Bonchev–Trinajstić information content (AvgIpc) is 1.29. The number of hydrogen-bond acceptors (Lipinski definition) is 21. The molecule has 15 atom stereocenters. The van der Waals surface area contributed by atoms with Gasteiger partial charge < -0.3 is 76.0 Å². The molecule has 1 aromatic carbocycles. The Hall–Kier alpha value is -8.63. The molecule has 2 aliphatic rings. The number of aromatic amines is 1. The summed E-state index contributed by atoms with van der Waals surface area (Å²) in [4.78, 5) is 204. The van der Waals surface area contributed by atoms with E-state index in [2.05, 4.69) is 46.9 Å². The first-order valence-electron chi connectivity index (χ1n) is 37.5. The molecular formula is C74H115N17O15S2. The lowest BCUT2D eigenvalue weighted by molar-refractivity contribution is -0.144. The Morgan fingerprint density at radius 2 is 1.23 bits per heavy atom. The molecule has 0 bridgehead atoms. The minimum absolute atomic E-state index is 0.0429. The molecule has 1 aliphatic heterocycles. The summed E-state index contributed by atoms with van der Waals surface area (Å²) in [6, 6.07) is -2.60. The van der Waals surface area contributed by atoms with E-state index in [1.165, 1.54) is 35.3 Å². The van der Waals surface area contributed by atoms with Crippen LogP contribution in [0.15, 0.2) is 41.7 Å². The quantitative estimate of drug-likeness (QED) is 0.0217. The number of amides is 9. The molecule has 0 radical (unpaired) electrons. The third-order valence-electron chi connectivity index (χ3n) is 20.9. The molecule has 598 valence electrons. The summed E-state index contributed by atoms with van der Waals surface area (Å²) < 4.78 is 1.58. The Morgan fingerprint density at radius 1 is 0.639 bits per heavy atom. The second-order valence-electron chi connectivity index (χ2n) is 29.0. The molecule has 5 rings (SSSR count). The first-order chi connectivity index (χ1) is 51.3. The lowest BCUT2D eigenvalue weighted by atomic mass is 9.84. The van der Waals surface area contributed by atoms with E-state index in [9.17, 15) is 57.8 Å². The van der Waals surface area contributed by atoms with Gasteiger partial charge in [-0.2, -0.15) is 23.5 Å². The highest BCUT2D eigenvalue weighted by atomic mass is 32.2. The molecule has 15 unspecified atom stereocenters. The van der Waals surface area contributed by atoms with Gasteiger partial charge in [0.05, 0.1) is 66.8 Å². The van der Waals surface area contributed by atoms with Crippen molar-refractivity contribution in [1.82, 2.24) is 51.5 Å². The predicted molar refractivity (Wildman–Crippen MR) is 410 cm³/mol. The fourth-order valence-electron chi connectivity index (χ4n) is 13.8. The normalized spacial score (nSPS) is 18.1. The van der Waals surface area contributed by atoms with E-state index in [1.54, 1.807) is 69.9 Å². The van der Waals surface area contributed by atoms with Crippen LogP contribution < -0.4 is 61.0 Å². The van der Waals surface area contributed by atoms with Gasteiger partial charge in [0.1, 0.15) is 17.9 Å². The number of Topliss-reactive ketones (excluding diaryl/α,β-unsaturated/α-hetero) is 5. The maximum Gasteiger partial charge on any atom is 0.246 e. The number of primary amides is 3. The highest BCUT2D eigenvalue weighted by Gasteiger charge is 2.46. The number of guanidine groups is 1. The summed E-state index contributed by atoms with van der Waals surface area (Å²) >= 11 is 2.96. The minimum Gasteiger partial charge on any atom is -0.396 e. The second kappa shape index (κ2) is 44.7. The largest absolute Gasteiger partial charge is 0.396 e.